The van der Waals surface area contributed by atoms with E-state index in [1.54, 1.807) is 0 Å². The number of fused-ring (bicyclic) bond motifs is 2. The van der Waals surface area contributed by atoms with Crippen LogP contribution < -0.4 is 0 Å². The minimum Gasteiger partial charge on any atom is -0.445 e. The van der Waals surface area contributed by atoms with Crippen molar-refractivity contribution in [3.8, 4) is 0 Å². The van der Waals surface area contributed by atoms with Crippen LogP contribution in [0.3, 0.4) is 0 Å². The number of aliphatic hydroxyl groups is 1. The number of carbonyl (C=O) groups is 1. The van der Waals surface area contributed by atoms with Crippen molar-refractivity contribution in [2.75, 3.05) is 13.2 Å². The van der Waals surface area contributed by atoms with Crippen LogP contribution in [0.2, 0.25) is 0 Å². The van der Waals surface area contributed by atoms with E-state index in [4.69, 9.17) is 9.47 Å². The lowest BCUT2D eigenvalue weighted by molar-refractivity contribution is -0.141. The SMILES string of the molecule is O=C(OCc1ccccc1)N1C2COCC1CC(O)(c1cc(C(F)(F)F)ccn1)C2. The van der Waals surface area contributed by atoms with Crippen molar-refractivity contribution >= 4 is 6.09 Å². The molecule has 0 spiro atoms. The number of piperidine rings is 1. The molecule has 9 heteroatoms. The summed E-state index contributed by atoms with van der Waals surface area (Å²) in [5.41, 5.74) is -1.66. The van der Waals surface area contributed by atoms with Crippen molar-refractivity contribution < 1.29 is 32.5 Å². The van der Waals surface area contributed by atoms with Gasteiger partial charge in [0, 0.05) is 19.0 Å². The number of hydrogen-bond donors (Lipinski definition) is 1. The number of rotatable bonds is 3. The standard InChI is InChI=1S/C21H21F3N2O4/c22-21(23,24)15-6-7-25-18(8-15)20(28)9-16-12-29-13-17(10-20)26(16)19(27)30-11-14-4-2-1-3-5-14/h1-8,16-17,28H,9-13H2. The number of benzene rings is 1. The van der Waals surface area contributed by atoms with E-state index in [9.17, 15) is 23.1 Å². The molecule has 0 radical (unpaired) electrons. The van der Waals surface area contributed by atoms with Gasteiger partial charge in [0.15, 0.2) is 0 Å². The van der Waals surface area contributed by atoms with Crippen LogP contribution in [-0.4, -0.2) is 46.4 Å². The Bertz CT molecular complexity index is 893. The van der Waals surface area contributed by atoms with Crippen LogP contribution in [0.5, 0.6) is 0 Å². The first kappa shape index (κ1) is 20.6. The normalized spacial score (nSPS) is 26.3. The van der Waals surface area contributed by atoms with E-state index in [1.165, 1.54) is 4.90 Å². The molecular weight excluding hydrogens is 401 g/mol. The van der Waals surface area contributed by atoms with Crippen LogP contribution in [0.1, 0.15) is 29.7 Å². The molecule has 3 heterocycles. The Balaban J connectivity index is 1.51. The van der Waals surface area contributed by atoms with Gasteiger partial charge in [-0.2, -0.15) is 13.2 Å². The van der Waals surface area contributed by atoms with E-state index < -0.39 is 35.5 Å². The summed E-state index contributed by atoms with van der Waals surface area (Å²) in [6.45, 7) is 0.437. The van der Waals surface area contributed by atoms with Gasteiger partial charge in [-0.1, -0.05) is 30.3 Å². The highest BCUT2D eigenvalue weighted by Gasteiger charge is 2.50. The summed E-state index contributed by atoms with van der Waals surface area (Å²) < 4.78 is 50.2. The summed E-state index contributed by atoms with van der Waals surface area (Å²) in [4.78, 5) is 18.3. The summed E-state index contributed by atoms with van der Waals surface area (Å²) in [6.07, 6.45) is -4.00. The Morgan fingerprint density at radius 1 is 1.20 bits per heavy atom. The Morgan fingerprint density at radius 2 is 1.87 bits per heavy atom. The summed E-state index contributed by atoms with van der Waals surface area (Å²) >= 11 is 0. The van der Waals surface area contributed by atoms with E-state index in [0.29, 0.717) is 0 Å². The lowest BCUT2D eigenvalue weighted by Gasteiger charge is -2.50. The number of pyridine rings is 1. The lowest BCUT2D eigenvalue weighted by Crippen LogP contribution is -2.62. The maximum Gasteiger partial charge on any atom is 0.416 e. The van der Waals surface area contributed by atoms with E-state index in [1.807, 2.05) is 30.3 Å². The number of aromatic nitrogens is 1. The number of amides is 1. The maximum atomic E-state index is 13.1. The van der Waals surface area contributed by atoms with E-state index in [-0.39, 0.29) is 38.4 Å². The Hall–Kier alpha value is -2.65. The van der Waals surface area contributed by atoms with Crippen molar-refractivity contribution in [1.29, 1.82) is 0 Å². The average Bonchev–Trinajstić information content (AvgIpc) is 2.72. The number of morpholine rings is 1. The van der Waals surface area contributed by atoms with Crippen LogP contribution in [0.4, 0.5) is 18.0 Å². The Kier molecular flexibility index (Phi) is 5.42. The molecule has 160 valence electrons. The topological polar surface area (TPSA) is 71.9 Å². The van der Waals surface area contributed by atoms with Crippen molar-refractivity contribution in [3.63, 3.8) is 0 Å². The van der Waals surface area contributed by atoms with Crippen molar-refractivity contribution in [1.82, 2.24) is 9.88 Å². The van der Waals surface area contributed by atoms with Gasteiger partial charge in [-0.05, 0) is 17.7 Å². The second kappa shape index (κ2) is 7.88. The molecule has 2 bridgehead atoms. The molecular formula is C21H21F3N2O4. The molecule has 2 fully saturated rings. The lowest BCUT2D eigenvalue weighted by atomic mass is 9.79. The van der Waals surface area contributed by atoms with Gasteiger partial charge in [0.25, 0.3) is 0 Å². The number of ether oxygens (including phenoxy) is 2. The third kappa shape index (κ3) is 4.13. The molecule has 1 amide bonds. The molecule has 0 saturated carbocycles. The van der Waals surface area contributed by atoms with Crippen molar-refractivity contribution in [2.24, 2.45) is 0 Å². The van der Waals surface area contributed by atoms with Crippen LogP contribution in [0.25, 0.3) is 0 Å². The van der Waals surface area contributed by atoms with Crippen molar-refractivity contribution in [3.05, 3.63) is 65.5 Å². The molecule has 2 aliphatic heterocycles. The molecule has 1 aromatic heterocycles. The van der Waals surface area contributed by atoms with Crippen LogP contribution in [-0.2, 0) is 27.9 Å². The molecule has 0 aliphatic carbocycles. The highest BCUT2D eigenvalue weighted by atomic mass is 19.4. The van der Waals surface area contributed by atoms with Gasteiger partial charge in [-0.25, -0.2) is 4.79 Å². The predicted octanol–water partition coefficient (Wildman–Crippen LogP) is 3.49. The summed E-state index contributed by atoms with van der Waals surface area (Å²) in [6, 6.07) is 9.91. The highest BCUT2D eigenvalue weighted by molar-refractivity contribution is 5.69. The second-order valence-electron chi connectivity index (χ2n) is 7.66. The van der Waals surface area contributed by atoms with Crippen LogP contribution in [0.15, 0.2) is 48.7 Å². The maximum absolute atomic E-state index is 13.1. The first-order chi connectivity index (χ1) is 14.3. The zero-order chi connectivity index (χ0) is 21.4. The van der Waals surface area contributed by atoms with E-state index in [2.05, 4.69) is 4.98 Å². The predicted molar refractivity (Wildman–Crippen MR) is 99.2 cm³/mol. The monoisotopic (exact) mass is 422 g/mol. The molecule has 2 atom stereocenters. The number of nitrogens with zero attached hydrogens (tertiary/aromatic N) is 2. The summed E-state index contributed by atoms with van der Waals surface area (Å²) in [5.74, 6) is 0. The van der Waals surface area contributed by atoms with E-state index in [0.717, 1.165) is 23.9 Å². The summed E-state index contributed by atoms with van der Waals surface area (Å²) in [7, 11) is 0. The molecule has 2 saturated heterocycles. The largest absolute Gasteiger partial charge is 0.445 e. The zero-order valence-corrected chi connectivity index (χ0v) is 16.0. The molecule has 4 rings (SSSR count). The molecule has 1 aromatic carbocycles. The first-order valence-corrected chi connectivity index (χ1v) is 9.59. The second-order valence-corrected chi connectivity index (χ2v) is 7.66. The fourth-order valence-corrected chi connectivity index (χ4v) is 4.14. The third-order valence-corrected chi connectivity index (χ3v) is 5.53. The molecule has 30 heavy (non-hydrogen) atoms. The highest BCUT2D eigenvalue weighted by Crippen LogP contribution is 2.42. The average molecular weight is 422 g/mol. The Morgan fingerprint density at radius 3 is 2.50 bits per heavy atom. The molecule has 2 unspecified atom stereocenters. The third-order valence-electron chi connectivity index (χ3n) is 5.53. The number of hydrogen-bond acceptors (Lipinski definition) is 5. The smallest absolute Gasteiger partial charge is 0.416 e. The molecule has 1 N–H and O–H groups in total. The Labute approximate surface area is 171 Å². The van der Waals surface area contributed by atoms with E-state index >= 15 is 0 Å². The molecule has 6 nitrogen and oxygen atoms in total. The molecule has 2 aliphatic rings. The van der Waals surface area contributed by atoms with Gasteiger partial charge in [0.2, 0.25) is 0 Å². The number of halogens is 3. The summed E-state index contributed by atoms with van der Waals surface area (Å²) in [5, 5.41) is 11.2. The fraction of sp³-hybridized carbons (Fsp3) is 0.429. The van der Waals surface area contributed by atoms with Crippen LogP contribution >= 0.6 is 0 Å². The minimum absolute atomic E-state index is 0.0122. The van der Waals surface area contributed by atoms with Crippen LogP contribution in [0, 0.1) is 0 Å². The minimum atomic E-state index is -4.53. The number of carbonyl (C=O) groups excluding carboxylic acids is 1. The van der Waals surface area contributed by atoms with Crippen molar-refractivity contribution in [2.45, 2.75) is 43.3 Å². The van der Waals surface area contributed by atoms with Gasteiger partial charge in [0.1, 0.15) is 12.2 Å². The van der Waals surface area contributed by atoms with Gasteiger partial charge in [-0.3, -0.25) is 9.88 Å². The fourth-order valence-electron chi connectivity index (χ4n) is 4.14. The van der Waals surface area contributed by atoms with Gasteiger partial charge >= 0.3 is 12.3 Å². The first-order valence-electron chi connectivity index (χ1n) is 9.59. The number of alkyl halides is 3. The molecule has 2 aromatic rings. The quantitative estimate of drug-likeness (QED) is 0.820. The van der Waals surface area contributed by atoms with Gasteiger partial charge < -0.3 is 14.6 Å². The van der Waals surface area contributed by atoms with Gasteiger partial charge in [0.05, 0.1) is 36.6 Å². The van der Waals surface area contributed by atoms with Gasteiger partial charge in [-0.15, -0.1) is 0 Å². The zero-order valence-electron chi connectivity index (χ0n) is 16.0.